The van der Waals surface area contributed by atoms with Gasteiger partial charge in [-0.1, -0.05) is 12.1 Å². The molecule has 0 saturated carbocycles. The molecule has 1 aromatic carbocycles. The van der Waals surface area contributed by atoms with Gasteiger partial charge >= 0.3 is 0 Å². The number of aromatic amines is 1. The minimum atomic E-state index is 0.237. The lowest BCUT2D eigenvalue weighted by Crippen LogP contribution is -1.80. The van der Waals surface area contributed by atoms with Crippen molar-refractivity contribution >= 4 is 16.7 Å². The van der Waals surface area contributed by atoms with Crippen molar-refractivity contribution in [2.45, 2.75) is 0 Å². The molecule has 0 atom stereocenters. The molecule has 0 saturated heterocycles. The normalized spacial score (nSPS) is 10.3. The van der Waals surface area contributed by atoms with Crippen LogP contribution in [-0.2, 0) is 0 Å². The molecule has 11 heavy (non-hydrogen) atoms. The van der Waals surface area contributed by atoms with Crippen LogP contribution in [0.2, 0.25) is 0 Å². The monoisotopic (exact) mass is 151 g/mol. The number of rotatable bonds is 1. The molecule has 0 spiro atoms. The van der Waals surface area contributed by atoms with Crippen molar-refractivity contribution in [1.29, 1.82) is 0 Å². The summed E-state index contributed by atoms with van der Waals surface area (Å²) < 4.78 is 12.0. The van der Waals surface area contributed by atoms with Gasteiger partial charge in [-0.2, -0.15) is 5.10 Å². The number of benzene rings is 1. The van der Waals surface area contributed by atoms with Crippen molar-refractivity contribution in [1.82, 2.24) is 10.2 Å². The standard InChI is InChI=1S/C7H6FN3/c8-9-7-5-3-1-2-4-6(5)10-11-7/h1-4H,(H2,9,10,11). The molecule has 0 radical (unpaired) electrons. The van der Waals surface area contributed by atoms with E-state index in [4.69, 9.17) is 0 Å². The molecule has 0 unspecified atom stereocenters. The lowest BCUT2D eigenvalue weighted by Gasteiger charge is -1.88. The summed E-state index contributed by atoms with van der Waals surface area (Å²) >= 11 is 0. The van der Waals surface area contributed by atoms with Crippen LogP contribution >= 0.6 is 0 Å². The van der Waals surface area contributed by atoms with Crippen LogP contribution in [0.3, 0.4) is 0 Å². The van der Waals surface area contributed by atoms with Crippen LogP contribution in [0.1, 0.15) is 0 Å². The van der Waals surface area contributed by atoms with Gasteiger partial charge in [0.05, 0.1) is 5.52 Å². The van der Waals surface area contributed by atoms with Gasteiger partial charge in [0.2, 0.25) is 0 Å². The molecule has 1 aromatic heterocycles. The molecule has 3 nitrogen and oxygen atoms in total. The molecule has 0 aliphatic rings. The molecule has 2 aromatic rings. The first-order valence-electron chi connectivity index (χ1n) is 3.21. The maximum Gasteiger partial charge on any atom is 0.183 e. The van der Waals surface area contributed by atoms with E-state index in [0.717, 1.165) is 10.9 Å². The average molecular weight is 151 g/mol. The summed E-state index contributed by atoms with van der Waals surface area (Å²) in [7, 11) is 0. The molecule has 0 amide bonds. The highest BCUT2D eigenvalue weighted by Gasteiger charge is 2.01. The molecule has 0 aliphatic carbocycles. The second-order valence-electron chi connectivity index (χ2n) is 2.21. The van der Waals surface area contributed by atoms with Crippen molar-refractivity contribution in [2.24, 2.45) is 0 Å². The SMILES string of the molecule is FNc1n[nH]c2ccccc12. The molecular formula is C7H6FN3. The summed E-state index contributed by atoms with van der Waals surface area (Å²) in [6.45, 7) is 0. The number of hydrogen-bond donors (Lipinski definition) is 2. The number of hydrogen-bond acceptors (Lipinski definition) is 2. The van der Waals surface area contributed by atoms with E-state index in [1.165, 1.54) is 5.54 Å². The van der Waals surface area contributed by atoms with Gasteiger partial charge in [-0.25, -0.2) is 5.54 Å². The molecule has 0 fully saturated rings. The molecule has 2 N–H and O–H groups in total. The van der Waals surface area contributed by atoms with Crippen LogP contribution in [0.4, 0.5) is 10.3 Å². The molecule has 1 heterocycles. The van der Waals surface area contributed by atoms with Gasteiger partial charge < -0.3 is 0 Å². The first kappa shape index (κ1) is 6.15. The first-order chi connectivity index (χ1) is 5.42. The Hall–Kier alpha value is -1.58. The van der Waals surface area contributed by atoms with E-state index in [9.17, 15) is 4.48 Å². The van der Waals surface area contributed by atoms with E-state index >= 15 is 0 Å². The second-order valence-corrected chi connectivity index (χ2v) is 2.21. The average Bonchev–Trinajstić information content (AvgIpc) is 2.47. The summed E-state index contributed by atoms with van der Waals surface area (Å²) in [5.74, 6) is 0.237. The van der Waals surface area contributed by atoms with Crippen LogP contribution in [0, 0.1) is 0 Å². The van der Waals surface area contributed by atoms with E-state index in [1.54, 1.807) is 6.07 Å². The van der Waals surface area contributed by atoms with Gasteiger partial charge in [-0.3, -0.25) is 5.10 Å². The van der Waals surface area contributed by atoms with Gasteiger partial charge in [-0.15, -0.1) is 4.48 Å². The third kappa shape index (κ3) is 0.832. The molecule has 0 aliphatic heterocycles. The summed E-state index contributed by atoms with van der Waals surface area (Å²) in [6, 6.07) is 7.32. The number of anilines is 1. The molecule has 2 rings (SSSR count). The Kier molecular flexibility index (Phi) is 1.25. The summed E-state index contributed by atoms with van der Waals surface area (Å²) in [5.41, 5.74) is 2.33. The quantitative estimate of drug-likeness (QED) is 0.611. The minimum absolute atomic E-state index is 0.237. The second kappa shape index (κ2) is 2.23. The topological polar surface area (TPSA) is 40.7 Å². The Balaban J connectivity index is 2.76. The van der Waals surface area contributed by atoms with E-state index in [-0.39, 0.29) is 5.82 Å². The van der Waals surface area contributed by atoms with E-state index in [1.807, 2.05) is 18.2 Å². The number of H-pyrrole nitrogens is 1. The lowest BCUT2D eigenvalue weighted by atomic mass is 10.2. The zero-order chi connectivity index (χ0) is 7.68. The van der Waals surface area contributed by atoms with Crippen LogP contribution in [-0.4, -0.2) is 10.2 Å². The van der Waals surface area contributed by atoms with Gasteiger partial charge in [0.1, 0.15) is 0 Å². The predicted octanol–water partition coefficient (Wildman–Crippen LogP) is 1.86. The fourth-order valence-corrected chi connectivity index (χ4v) is 1.04. The smallest absolute Gasteiger partial charge is 0.183 e. The number of aromatic nitrogens is 2. The van der Waals surface area contributed by atoms with E-state index < -0.39 is 0 Å². The van der Waals surface area contributed by atoms with E-state index in [0.29, 0.717) is 0 Å². The molecule has 56 valence electrons. The highest BCUT2D eigenvalue weighted by Crippen LogP contribution is 2.18. The van der Waals surface area contributed by atoms with Crippen molar-refractivity contribution in [3.63, 3.8) is 0 Å². The predicted molar refractivity (Wildman–Crippen MR) is 40.8 cm³/mol. The summed E-state index contributed by atoms with van der Waals surface area (Å²) in [6.07, 6.45) is 0. The highest BCUT2D eigenvalue weighted by atomic mass is 19.2. The van der Waals surface area contributed by atoms with Crippen LogP contribution in [0.25, 0.3) is 10.9 Å². The zero-order valence-corrected chi connectivity index (χ0v) is 5.63. The zero-order valence-electron chi connectivity index (χ0n) is 5.63. The van der Waals surface area contributed by atoms with Gasteiger partial charge in [0.25, 0.3) is 0 Å². The maximum atomic E-state index is 12.0. The van der Waals surface area contributed by atoms with Crippen molar-refractivity contribution in [3.8, 4) is 0 Å². The van der Waals surface area contributed by atoms with Gasteiger partial charge in [0, 0.05) is 5.39 Å². The Morgan fingerprint density at radius 2 is 2.18 bits per heavy atom. The van der Waals surface area contributed by atoms with E-state index in [2.05, 4.69) is 10.2 Å². The Bertz CT molecular complexity index is 368. The highest BCUT2D eigenvalue weighted by molar-refractivity contribution is 5.88. The number of nitrogens with zero attached hydrogens (tertiary/aromatic N) is 1. The number of nitrogens with one attached hydrogen (secondary N) is 2. The van der Waals surface area contributed by atoms with Crippen LogP contribution in [0.15, 0.2) is 24.3 Å². The summed E-state index contributed by atoms with van der Waals surface area (Å²) in [4.78, 5) is 0. The van der Waals surface area contributed by atoms with Gasteiger partial charge in [-0.05, 0) is 12.1 Å². The number of para-hydroxylation sites is 1. The molecular weight excluding hydrogens is 145 g/mol. The Morgan fingerprint density at radius 3 is 3.00 bits per heavy atom. The van der Waals surface area contributed by atoms with Crippen molar-refractivity contribution in [2.75, 3.05) is 5.54 Å². The number of halogens is 1. The largest absolute Gasteiger partial charge is 0.276 e. The third-order valence-electron chi connectivity index (χ3n) is 1.56. The molecule has 0 bridgehead atoms. The summed E-state index contributed by atoms with van der Waals surface area (Å²) in [5, 5.41) is 7.15. The maximum absolute atomic E-state index is 12.0. The first-order valence-corrected chi connectivity index (χ1v) is 3.21. The Morgan fingerprint density at radius 1 is 1.36 bits per heavy atom. The number of fused-ring (bicyclic) bond motifs is 1. The lowest BCUT2D eigenvalue weighted by molar-refractivity contribution is 0.612. The fourth-order valence-electron chi connectivity index (χ4n) is 1.04. The van der Waals surface area contributed by atoms with Crippen molar-refractivity contribution in [3.05, 3.63) is 24.3 Å². The van der Waals surface area contributed by atoms with Crippen molar-refractivity contribution < 1.29 is 4.48 Å². The van der Waals surface area contributed by atoms with Crippen LogP contribution < -0.4 is 5.54 Å². The minimum Gasteiger partial charge on any atom is -0.276 e. The molecule has 4 heteroatoms. The fraction of sp³-hybridized carbons (Fsp3) is 0. The van der Waals surface area contributed by atoms with Gasteiger partial charge in [0.15, 0.2) is 5.82 Å². The third-order valence-corrected chi connectivity index (χ3v) is 1.56. The van der Waals surface area contributed by atoms with Crippen LogP contribution in [0.5, 0.6) is 0 Å². The Labute approximate surface area is 62.2 Å².